The van der Waals surface area contributed by atoms with Crippen LogP contribution in [0.25, 0.3) is 0 Å². The number of carbonyl (C=O) groups excluding carboxylic acids is 1. The summed E-state index contributed by atoms with van der Waals surface area (Å²) >= 11 is 0. The first-order valence-corrected chi connectivity index (χ1v) is 7.10. The van der Waals surface area contributed by atoms with Crippen LogP contribution in [0.3, 0.4) is 0 Å². The molecule has 1 amide bonds. The van der Waals surface area contributed by atoms with Crippen molar-refractivity contribution in [3.63, 3.8) is 0 Å². The summed E-state index contributed by atoms with van der Waals surface area (Å²) in [5.41, 5.74) is 0.928. The third kappa shape index (κ3) is 3.75. The topological polar surface area (TPSA) is 93.3 Å². The minimum Gasteiger partial charge on any atom is -0.337 e. The van der Waals surface area contributed by atoms with E-state index < -0.39 is 4.92 Å². The van der Waals surface area contributed by atoms with Crippen molar-refractivity contribution in [3.8, 4) is 0 Å². The zero-order valence-corrected chi connectivity index (χ0v) is 13.9. The number of hydrogen-bond donors (Lipinski definition) is 1. The van der Waals surface area contributed by atoms with Crippen molar-refractivity contribution in [2.75, 3.05) is 19.6 Å². The molecule has 1 aliphatic heterocycles. The molecule has 2 rings (SSSR count). The first-order chi connectivity index (χ1) is 9.91. The molecule has 1 atom stereocenters. The Morgan fingerprint density at radius 2 is 2.18 bits per heavy atom. The number of piperazine rings is 1. The van der Waals surface area contributed by atoms with E-state index in [4.69, 9.17) is 0 Å². The van der Waals surface area contributed by atoms with Crippen LogP contribution in [0, 0.1) is 24.0 Å². The summed E-state index contributed by atoms with van der Waals surface area (Å²) in [6.45, 7) is 7.97. The molecule has 0 aromatic carbocycles. The SMILES string of the molecule is Cc1nn(CCC(=O)N2CCNC[C@@H]2C)c(C)c1[N+](=O)[O-].Cl. The molecule has 0 aliphatic carbocycles. The highest BCUT2D eigenvalue weighted by Gasteiger charge is 2.25. The van der Waals surface area contributed by atoms with Crippen molar-refractivity contribution in [1.29, 1.82) is 0 Å². The lowest BCUT2D eigenvalue weighted by Crippen LogP contribution is -2.52. The number of aryl methyl sites for hydroxylation is 2. The van der Waals surface area contributed by atoms with Crippen LogP contribution in [0.5, 0.6) is 0 Å². The smallest absolute Gasteiger partial charge is 0.312 e. The first kappa shape index (κ1) is 18.4. The van der Waals surface area contributed by atoms with E-state index in [1.165, 1.54) is 0 Å². The third-order valence-electron chi connectivity index (χ3n) is 3.88. The highest BCUT2D eigenvalue weighted by atomic mass is 35.5. The maximum atomic E-state index is 12.2. The summed E-state index contributed by atoms with van der Waals surface area (Å²) in [6.07, 6.45) is 0.309. The fraction of sp³-hybridized carbons (Fsp3) is 0.692. The Bertz CT molecular complexity index is 560. The number of carbonyl (C=O) groups is 1. The molecule has 8 nitrogen and oxygen atoms in total. The number of aromatic nitrogens is 2. The molecule has 1 fully saturated rings. The molecule has 1 aromatic heterocycles. The van der Waals surface area contributed by atoms with Gasteiger partial charge in [-0.1, -0.05) is 0 Å². The van der Waals surface area contributed by atoms with E-state index in [0.717, 1.165) is 13.1 Å². The van der Waals surface area contributed by atoms with Crippen LogP contribution < -0.4 is 5.32 Å². The first-order valence-electron chi connectivity index (χ1n) is 7.10. The summed E-state index contributed by atoms with van der Waals surface area (Å²) in [7, 11) is 0. The van der Waals surface area contributed by atoms with Crippen LogP contribution in [0.1, 0.15) is 24.7 Å². The predicted octanol–water partition coefficient (Wildman–Crippen LogP) is 1.04. The highest BCUT2D eigenvalue weighted by Crippen LogP contribution is 2.22. The monoisotopic (exact) mass is 331 g/mol. The maximum absolute atomic E-state index is 12.2. The Labute approximate surface area is 135 Å². The third-order valence-corrected chi connectivity index (χ3v) is 3.88. The Hall–Kier alpha value is -1.67. The lowest BCUT2D eigenvalue weighted by Gasteiger charge is -2.34. The number of nitro groups is 1. The standard InChI is InChI=1S/C13H21N5O3.ClH/c1-9-8-14-5-7-16(9)12(19)4-6-17-11(3)13(18(20)21)10(2)15-17;/h9,14H,4-8H2,1-3H3;1H/t9-;/m0./s1. The molecule has 0 spiro atoms. The molecule has 9 heteroatoms. The van der Waals surface area contributed by atoms with Crippen molar-refractivity contribution < 1.29 is 9.72 Å². The Balaban J connectivity index is 0.00000242. The van der Waals surface area contributed by atoms with Gasteiger partial charge in [-0.2, -0.15) is 5.10 Å². The van der Waals surface area contributed by atoms with Crippen LogP contribution in [0.15, 0.2) is 0 Å². The van der Waals surface area contributed by atoms with Crippen LogP contribution in [-0.4, -0.2) is 51.2 Å². The molecule has 0 saturated carbocycles. The van der Waals surface area contributed by atoms with E-state index in [0.29, 0.717) is 30.9 Å². The van der Waals surface area contributed by atoms with Gasteiger partial charge in [0, 0.05) is 32.1 Å². The van der Waals surface area contributed by atoms with Crippen LogP contribution in [-0.2, 0) is 11.3 Å². The number of halogens is 1. The molecule has 1 N–H and O–H groups in total. The molecule has 22 heavy (non-hydrogen) atoms. The average Bonchev–Trinajstić information content (AvgIpc) is 2.71. The van der Waals surface area contributed by atoms with Gasteiger partial charge in [-0.15, -0.1) is 12.4 Å². The molecule has 0 radical (unpaired) electrons. The van der Waals surface area contributed by atoms with Crippen molar-refractivity contribution in [2.45, 2.75) is 39.8 Å². The number of nitrogens with zero attached hydrogens (tertiary/aromatic N) is 4. The molecule has 0 unspecified atom stereocenters. The molecule has 1 aliphatic rings. The zero-order chi connectivity index (χ0) is 15.6. The molecular weight excluding hydrogens is 310 g/mol. The summed E-state index contributed by atoms with van der Waals surface area (Å²) in [4.78, 5) is 24.6. The summed E-state index contributed by atoms with van der Waals surface area (Å²) in [5.74, 6) is 0.0687. The van der Waals surface area contributed by atoms with Crippen molar-refractivity contribution in [2.24, 2.45) is 0 Å². The number of hydrogen-bond acceptors (Lipinski definition) is 5. The number of amides is 1. The summed E-state index contributed by atoms with van der Waals surface area (Å²) in [6, 6.07) is 0.182. The van der Waals surface area contributed by atoms with Gasteiger partial charge in [0.25, 0.3) is 0 Å². The van der Waals surface area contributed by atoms with Crippen molar-refractivity contribution >= 4 is 24.0 Å². The Kier molecular flexibility index (Phi) is 6.31. The average molecular weight is 332 g/mol. The zero-order valence-electron chi connectivity index (χ0n) is 13.0. The van der Waals surface area contributed by atoms with Gasteiger partial charge in [-0.3, -0.25) is 19.6 Å². The van der Waals surface area contributed by atoms with E-state index in [1.54, 1.807) is 18.5 Å². The fourth-order valence-electron chi connectivity index (χ4n) is 2.73. The second-order valence-corrected chi connectivity index (χ2v) is 5.39. The van der Waals surface area contributed by atoms with Gasteiger partial charge >= 0.3 is 5.69 Å². The second-order valence-electron chi connectivity index (χ2n) is 5.39. The van der Waals surface area contributed by atoms with E-state index in [-0.39, 0.29) is 30.0 Å². The predicted molar refractivity (Wildman–Crippen MR) is 84.3 cm³/mol. The summed E-state index contributed by atoms with van der Waals surface area (Å²) < 4.78 is 1.55. The minimum atomic E-state index is -0.422. The lowest BCUT2D eigenvalue weighted by molar-refractivity contribution is -0.386. The summed E-state index contributed by atoms with van der Waals surface area (Å²) in [5, 5.41) is 18.4. The lowest BCUT2D eigenvalue weighted by atomic mass is 10.2. The number of rotatable bonds is 4. The molecule has 2 heterocycles. The van der Waals surface area contributed by atoms with Gasteiger partial charge < -0.3 is 10.2 Å². The van der Waals surface area contributed by atoms with Crippen molar-refractivity contribution in [1.82, 2.24) is 20.0 Å². The van der Waals surface area contributed by atoms with Gasteiger partial charge in [-0.05, 0) is 20.8 Å². The quantitative estimate of drug-likeness (QED) is 0.657. The highest BCUT2D eigenvalue weighted by molar-refractivity contribution is 5.85. The minimum absolute atomic E-state index is 0. The Morgan fingerprint density at radius 1 is 1.50 bits per heavy atom. The normalized spacial score (nSPS) is 18.0. The molecule has 1 aromatic rings. The maximum Gasteiger partial charge on any atom is 0.312 e. The largest absolute Gasteiger partial charge is 0.337 e. The van der Waals surface area contributed by atoms with Gasteiger partial charge in [0.15, 0.2) is 0 Å². The fourth-order valence-corrected chi connectivity index (χ4v) is 2.73. The molecular formula is C13H22ClN5O3. The van der Waals surface area contributed by atoms with Crippen LogP contribution in [0.2, 0.25) is 0 Å². The molecule has 1 saturated heterocycles. The van der Waals surface area contributed by atoms with Gasteiger partial charge in [0.1, 0.15) is 11.4 Å². The molecule has 0 bridgehead atoms. The number of nitrogens with one attached hydrogen (secondary N) is 1. The van der Waals surface area contributed by atoms with Gasteiger partial charge in [-0.25, -0.2) is 0 Å². The van der Waals surface area contributed by atoms with E-state index in [2.05, 4.69) is 10.4 Å². The second kappa shape index (κ2) is 7.55. The van der Waals surface area contributed by atoms with E-state index in [9.17, 15) is 14.9 Å². The van der Waals surface area contributed by atoms with Gasteiger partial charge in [0.2, 0.25) is 5.91 Å². The van der Waals surface area contributed by atoms with Gasteiger partial charge in [0.05, 0.1) is 11.5 Å². The van der Waals surface area contributed by atoms with E-state index in [1.807, 2.05) is 11.8 Å². The van der Waals surface area contributed by atoms with Crippen molar-refractivity contribution in [3.05, 3.63) is 21.5 Å². The van der Waals surface area contributed by atoms with E-state index >= 15 is 0 Å². The van der Waals surface area contributed by atoms with Crippen LogP contribution in [0.4, 0.5) is 5.69 Å². The Morgan fingerprint density at radius 3 is 2.73 bits per heavy atom. The molecule has 124 valence electrons. The van der Waals surface area contributed by atoms with Crippen LogP contribution >= 0.6 is 12.4 Å².